The van der Waals surface area contributed by atoms with E-state index < -0.39 is 29.5 Å². The lowest BCUT2D eigenvalue weighted by Gasteiger charge is -2.12. The molecule has 2 heterocycles. The van der Waals surface area contributed by atoms with Crippen LogP contribution in [0, 0.1) is 6.92 Å². The predicted molar refractivity (Wildman–Crippen MR) is 133 cm³/mol. The minimum atomic E-state index is -4.89. The molecule has 0 spiro atoms. The van der Waals surface area contributed by atoms with E-state index in [4.69, 9.17) is 9.47 Å². The Balaban J connectivity index is 1.70. The monoisotopic (exact) mass is 547 g/mol. The number of ether oxygens (including phenoxy) is 3. The highest BCUT2D eigenvalue weighted by Crippen LogP contribution is 2.31. The van der Waals surface area contributed by atoms with E-state index in [1.807, 2.05) is 13.0 Å². The molecule has 1 amide bonds. The Labute approximate surface area is 217 Å². The molecule has 0 bridgehead atoms. The quantitative estimate of drug-likeness (QED) is 0.314. The summed E-state index contributed by atoms with van der Waals surface area (Å²) in [4.78, 5) is 38.7. The molecular weight excluding hydrogens is 527 g/mol. The van der Waals surface area contributed by atoms with Crippen LogP contribution in [0.5, 0.6) is 11.5 Å². The minimum absolute atomic E-state index is 0.0208. The van der Waals surface area contributed by atoms with Gasteiger partial charge in [0, 0.05) is 10.8 Å². The van der Waals surface area contributed by atoms with Gasteiger partial charge in [0.15, 0.2) is 12.3 Å². The van der Waals surface area contributed by atoms with Crippen LogP contribution in [0.25, 0.3) is 16.5 Å². The predicted octanol–water partition coefficient (Wildman–Crippen LogP) is 4.85. The van der Waals surface area contributed by atoms with Crippen molar-refractivity contribution >= 4 is 39.0 Å². The SMILES string of the molecule is CCOC(=O)c1nn(-c2ccc(OC(F)(F)F)cc2)c(=O)c2c(NC(=O)COc3cccc(C)c3)scc12. The highest BCUT2D eigenvalue weighted by molar-refractivity contribution is 7.16. The van der Waals surface area contributed by atoms with Gasteiger partial charge in [0.05, 0.1) is 17.7 Å². The Morgan fingerprint density at radius 2 is 1.84 bits per heavy atom. The van der Waals surface area contributed by atoms with Gasteiger partial charge in [-0.15, -0.1) is 24.5 Å². The fourth-order valence-corrected chi connectivity index (χ4v) is 4.43. The summed E-state index contributed by atoms with van der Waals surface area (Å²) < 4.78 is 52.8. The molecule has 198 valence electrons. The van der Waals surface area contributed by atoms with Crippen LogP contribution in [-0.2, 0) is 9.53 Å². The van der Waals surface area contributed by atoms with E-state index in [-0.39, 0.29) is 40.4 Å². The van der Waals surface area contributed by atoms with Crippen molar-refractivity contribution in [3.63, 3.8) is 0 Å². The molecule has 0 saturated heterocycles. The average Bonchev–Trinajstić information content (AvgIpc) is 3.27. The maximum absolute atomic E-state index is 13.4. The number of halogens is 3. The first-order valence-electron chi connectivity index (χ1n) is 11.1. The van der Waals surface area contributed by atoms with Crippen LogP contribution in [0.1, 0.15) is 23.0 Å². The number of rotatable bonds is 8. The van der Waals surface area contributed by atoms with Gasteiger partial charge in [0.2, 0.25) is 0 Å². The maximum Gasteiger partial charge on any atom is 0.573 e. The van der Waals surface area contributed by atoms with Gasteiger partial charge in [-0.25, -0.2) is 4.79 Å². The van der Waals surface area contributed by atoms with E-state index >= 15 is 0 Å². The summed E-state index contributed by atoms with van der Waals surface area (Å²) in [6, 6.07) is 11.5. The lowest BCUT2D eigenvalue weighted by atomic mass is 10.2. The number of thiophene rings is 1. The summed E-state index contributed by atoms with van der Waals surface area (Å²) in [5, 5.41) is 8.48. The summed E-state index contributed by atoms with van der Waals surface area (Å²) in [6.45, 7) is 3.17. The molecule has 4 aromatic rings. The third-order valence-corrected chi connectivity index (χ3v) is 5.94. The second kappa shape index (κ2) is 10.9. The molecule has 4 rings (SSSR count). The first-order chi connectivity index (χ1) is 18.1. The highest BCUT2D eigenvalue weighted by atomic mass is 32.1. The molecule has 0 fully saturated rings. The number of benzene rings is 2. The topological polar surface area (TPSA) is 109 Å². The van der Waals surface area contributed by atoms with E-state index in [9.17, 15) is 27.6 Å². The zero-order chi connectivity index (χ0) is 27.4. The number of anilines is 1. The molecule has 0 radical (unpaired) electrons. The Hall–Kier alpha value is -4.39. The van der Waals surface area contributed by atoms with E-state index in [0.717, 1.165) is 33.7 Å². The first-order valence-corrected chi connectivity index (χ1v) is 12.0. The molecule has 2 aromatic heterocycles. The van der Waals surface area contributed by atoms with E-state index in [1.54, 1.807) is 25.1 Å². The molecule has 1 N–H and O–H groups in total. The molecule has 0 aliphatic carbocycles. The van der Waals surface area contributed by atoms with Crippen molar-refractivity contribution in [2.24, 2.45) is 0 Å². The second-order valence-electron chi connectivity index (χ2n) is 7.83. The van der Waals surface area contributed by atoms with E-state index in [0.29, 0.717) is 5.75 Å². The van der Waals surface area contributed by atoms with Crippen molar-refractivity contribution in [2.75, 3.05) is 18.5 Å². The number of aryl methyl sites for hydroxylation is 1. The molecule has 0 saturated carbocycles. The third-order valence-electron chi connectivity index (χ3n) is 5.05. The smallest absolute Gasteiger partial charge is 0.484 e. The van der Waals surface area contributed by atoms with Crippen molar-refractivity contribution in [1.29, 1.82) is 0 Å². The number of carbonyl (C=O) groups is 2. The van der Waals surface area contributed by atoms with Crippen LogP contribution in [0.3, 0.4) is 0 Å². The fourth-order valence-electron chi connectivity index (χ4n) is 3.47. The number of alkyl halides is 3. The van der Waals surface area contributed by atoms with E-state index in [2.05, 4.69) is 15.2 Å². The number of aromatic nitrogens is 2. The number of carbonyl (C=O) groups excluding carboxylic acids is 2. The Morgan fingerprint density at radius 1 is 1.11 bits per heavy atom. The lowest BCUT2D eigenvalue weighted by molar-refractivity contribution is -0.274. The number of nitrogens with one attached hydrogen (secondary N) is 1. The van der Waals surface area contributed by atoms with Gasteiger partial charge < -0.3 is 19.5 Å². The van der Waals surface area contributed by atoms with Gasteiger partial charge in [-0.05, 0) is 55.8 Å². The molecule has 0 aliphatic rings. The number of hydrogen-bond donors (Lipinski definition) is 1. The zero-order valence-electron chi connectivity index (χ0n) is 20.0. The Bertz CT molecular complexity index is 1550. The molecule has 38 heavy (non-hydrogen) atoms. The third kappa shape index (κ3) is 6.11. The number of hydrogen-bond acceptors (Lipinski definition) is 8. The van der Waals surface area contributed by atoms with Crippen molar-refractivity contribution in [3.05, 3.63) is 75.5 Å². The van der Waals surface area contributed by atoms with Gasteiger partial charge in [-0.2, -0.15) is 9.78 Å². The summed E-state index contributed by atoms with van der Waals surface area (Å²) in [6.07, 6.45) is -4.89. The molecule has 0 unspecified atom stereocenters. The largest absolute Gasteiger partial charge is 0.573 e. The molecule has 2 aromatic carbocycles. The number of amides is 1. The van der Waals surface area contributed by atoms with Crippen molar-refractivity contribution in [3.8, 4) is 17.2 Å². The standard InChI is InChI=1S/C25H20F3N3O6S/c1-3-35-24(34)21-18-13-38-22(29-19(32)12-36-17-6-4-5-14(2)11-17)20(18)23(33)31(30-21)15-7-9-16(10-8-15)37-25(26,27)28/h4-11,13H,3,12H2,1-2H3,(H,29,32). The normalized spacial score (nSPS) is 11.3. The summed E-state index contributed by atoms with van der Waals surface area (Å²) >= 11 is 0.998. The van der Waals surface area contributed by atoms with Gasteiger partial charge in [0.25, 0.3) is 11.5 Å². The fraction of sp³-hybridized carbons (Fsp3) is 0.200. The number of fused-ring (bicyclic) bond motifs is 1. The second-order valence-corrected chi connectivity index (χ2v) is 8.71. The summed E-state index contributed by atoms with van der Waals surface area (Å²) in [7, 11) is 0. The van der Waals surface area contributed by atoms with Crippen molar-refractivity contribution in [1.82, 2.24) is 9.78 Å². The van der Waals surface area contributed by atoms with E-state index in [1.165, 1.54) is 17.5 Å². The van der Waals surface area contributed by atoms with Crippen LogP contribution in [0.15, 0.2) is 58.7 Å². The van der Waals surface area contributed by atoms with Crippen LogP contribution >= 0.6 is 11.3 Å². The van der Waals surface area contributed by atoms with Crippen LogP contribution in [0.2, 0.25) is 0 Å². The first kappa shape index (κ1) is 26.7. The van der Waals surface area contributed by atoms with Crippen LogP contribution in [-0.4, -0.2) is 41.2 Å². The average molecular weight is 548 g/mol. The maximum atomic E-state index is 13.4. The van der Waals surface area contributed by atoms with Gasteiger partial charge in [-0.1, -0.05) is 12.1 Å². The molecule has 0 aliphatic heterocycles. The Morgan fingerprint density at radius 3 is 2.50 bits per heavy atom. The molecule has 9 nitrogen and oxygen atoms in total. The highest BCUT2D eigenvalue weighted by Gasteiger charge is 2.31. The molecule has 13 heteroatoms. The number of nitrogens with zero attached hydrogens (tertiary/aromatic N) is 2. The van der Waals surface area contributed by atoms with Crippen LogP contribution < -0.4 is 20.3 Å². The Kier molecular flexibility index (Phi) is 7.67. The van der Waals surface area contributed by atoms with Crippen molar-refractivity contribution < 1.29 is 37.0 Å². The van der Waals surface area contributed by atoms with Gasteiger partial charge in [0.1, 0.15) is 16.5 Å². The zero-order valence-corrected chi connectivity index (χ0v) is 20.8. The summed E-state index contributed by atoms with van der Waals surface area (Å²) in [5.74, 6) is -1.38. The summed E-state index contributed by atoms with van der Waals surface area (Å²) in [5.41, 5.74) is 0.0893. The van der Waals surface area contributed by atoms with Gasteiger partial charge >= 0.3 is 12.3 Å². The van der Waals surface area contributed by atoms with Crippen molar-refractivity contribution in [2.45, 2.75) is 20.2 Å². The molecular formula is C25H20F3N3O6S. The number of esters is 1. The van der Waals surface area contributed by atoms with Gasteiger partial charge in [-0.3, -0.25) is 9.59 Å². The van der Waals surface area contributed by atoms with Crippen LogP contribution in [0.4, 0.5) is 18.2 Å². The molecule has 0 atom stereocenters. The minimum Gasteiger partial charge on any atom is -0.484 e. The lowest BCUT2D eigenvalue weighted by Crippen LogP contribution is -2.26.